The van der Waals surface area contributed by atoms with E-state index in [1.807, 2.05) is 16.7 Å². The lowest BCUT2D eigenvalue weighted by molar-refractivity contribution is 0.0767. The van der Waals surface area contributed by atoms with E-state index in [1.54, 1.807) is 12.3 Å². The van der Waals surface area contributed by atoms with Crippen molar-refractivity contribution in [2.24, 2.45) is 0 Å². The van der Waals surface area contributed by atoms with E-state index >= 15 is 0 Å². The van der Waals surface area contributed by atoms with E-state index in [-0.39, 0.29) is 5.91 Å². The molecule has 0 aromatic carbocycles. The fourth-order valence-electron chi connectivity index (χ4n) is 1.47. The van der Waals surface area contributed by atoms with E-state index in [0.717, 1.165) is 24.6 Å². The summed E-state index contributed by atoms with van der Waals surface area (Å²) in [5, 5.41) is 0. The summed E-state index contributed by atoms with van der Waals surface area (Å²) in [5.41, 5.74) is 6.74. The maximum atomic E-state index is 11.8. The van der Waals surface area contributed by atoms with Crippen molar-refractivity contribution in [1.82, 2.24) is 9.88 Å². The van der Waals surface area contributed by atoms with Gasteiger partial charge in [0.15, 0.2) is 0 Å². The summed E-state index contributed by atoms with van der Waals surface area (Å²) in [6.45, 7) is 1.67. The van der Waals surface area contributed by atoms with Crippen molar-refractivity contribution in [2.45, 2.75) is 0 Å². The minimum absolute atomic E-state index is 0.0574. The number of carbonyl (C=O) groups is 1. The molecule has 4 nitrogen and oxygen atoms in total. The molecule has 3 N–H and O–H groups in total. The standard InChI is InChI=1S/C9H13N3OS/c10-7-5-8(11-6-7)9(13)12-1-3-14-4-2-12/h5-6,11H,1-4,10H2. The molecule has 0 radical (unpaired) electrons. The summed E-state index contributed by atoms with van der Waals surface area (Å²) in [6.07, 6.45) is 1.64. The van der Waals surface area contributed by atoms with E-state index in [4.69, 9.17) is 5.73 Å². The number of hydrogen-bond acceptors (Lipinski definition) is 3. The highest BCUT2D eigenvalue weighted by Crippen LogP contribution is 2.13. The summed E-state index contributed by atoms with van der Waals surface area (Å²) in [7, 11) is 0. The minimum atomic E-state index is 0.0574. The molecule has 0 unspecified atom stereocenters. The molecule has 0 bridgehead atoms. The third-order valence-electron chi connectivity index (χ3n) is 2.23. The van der Waals surface area contributed by atoms with Gasteiger partial charge in [-0.15, -0.1) is 0 Å². The van der Waals surface area contributed by atoms with Crippen LogP contribution in [0.2, 0.25) is 0 Å². The molecule has 1 aliphatic heterocycles. The summed E-state index contributed by atoms with van der Waals surface area (Å²) in [5.74, 6) is 2.12. The molecule has 1 amide bonds. The van der Waals surface area contributed by atoms with Crippen LogP contribution >= 0.6 is 11.8 Å². The molecular formula is C9H13N3OS. The molecule has 0 spiro atoms. The van der Waals surface area contributed by atoms with Crippen LogP contribution in [0.3, 0.4) is 0 Å². The quantitative estimate of drug-likeness (QED) is 0.721. The zero-order valence-corrected chi connectivity index (χ0v) is 8.64. The highest BCUT2D eigenvalue weighted by molar-refractivity contribution is 7.99. The molecule has 0 aliphatic carbocycles. The lowest BCUT2D eigenvalue weighted by Crippen LogP contribution is -2.38. The van der Waals surface area contributed by atoms with Gasteiger partial charge in [-0.25, -0.2) is 0 Å². The Bertz CT molecular complexity index is 331. The molecule has 0 atom stereocenters. The second-order valence-corrected chi connectivity index (χ2v) is 4.48. The predicted molar refractivity (Wildman–Crippen MR) is 58.4 cm³/mol. The van der Waals surface area contributed by atoms with Gasteiger partial charge in [-0.3, -0.25) is 4.79 Å². The zero-order chi connectivity index (χ0) is 9.97. The predicted octanol–water partition coefficient (Wildman–Crippen LogP) is 0.786. The Balaban J connectivity index is 2.07. The van der Waals surface area contributed by atoms with Gasteiger partial charge in [-0.2, -0.15) is 11.8 Å². The first-order chi connectivity index (χ1) is 6.77. The number of aromatic amines is 1. The van der Waals surface area contributed by atoms with Gasteiger partial charge in [0.25, 0.3) is 5.91 Å². The van der Waals surface area contributed by atoms with Gasteiger partial charge < -0.3 is 15.6 Å². The number of nitrogens with one attached hydrogen (secondary N) is 1. The summed E-state index contributed by atoms with van der Waals surface area (Å²) in [4.78, 5) is 16.6. The average Bonchev–Trinajstić information content (AvgIpc) is 2.65. The first-order valence-electron chi connectivity index (χ1n) is 4.58. The molecular weight excluding hydrogens is 198 g/mol. The normalized spacial score (nSPS) is 17.0. The smallest absolute Gasteiger partial charge is 0.270 e. The first-order valence-corrected chi connectivity index (χ1v) is 5.74. The lowest BCUT2D eigenvalue weighted by atomic mass is 10.3. The molecule has 14 heavy (non-hydrogen) atoms. The molecule has 1 aromatic rings. The van der Waals surface area contributed by atoms with Crippen LogP contribution in [-0.4, -0.2) is 40.4 Å². The minimum Gasteiger partial charge on any atom is -0.397 e. The molecule has 2 heterocycles. The Morgan fingerprint density at radius 1 is 1.50 bits per heavy atom. The number of nitrogens with zero attached hydrogens (tertiary/aromatic N) is 1. The van der Waals surface area contributed by atoms with Crippen LogP contribution < -0.4 is 5.73 Å². The number of amides is 1. The van der Waals surface area contributed by atoms with Crippen LogP contribution in [0, 0.1) is 0 Å². The maximum Gasteiger partial charge on any atom is 0.270 e. The van der Waals surface area contributed by atoms with Gasteiger partial charge in [0.1, 0.15) is 5.69 Å². The zero-order valence-electron chi connectivity index (χ0n) is 7.82. The number of carbonyl (C=O) groups excluding carboxylic acids is 1. The number of anilines is 1. The molecule has 1 aliphatic rings. The Morgan fingerprint density at radius 2 is 2.21 bits per heavy atom. The SMILES string of the molecule is Nc1c[nH]c(C(=O)N2CCSCC2)c1. The maximum absolute atomic E-state index is 11.8. The fourth-order valence-corrected chi connectivity index (χ4v) is 2.37. The van der Waals surface area contributed by atoms with E-state index in [1.165, 1.54) is 0 Å². The van der Waals surface area contributed by atoms with E-state index in [0.29, 0.717) is 11.4 Å². The molecule has 5 heteroatoms. The van der Waals surface area contributed by atoms with Crippen molar-refractivity contribution in [3.8, 4) is 0 Å². The monoisotopic (exact) mass is 211 g/mol. The molecule has 76 valence electrons. The number of nitrogen functional groups attached to an aromatic ring is 1. The van der Waals surface area contributed by atoms with Crippen LogP contribution in [0.5, 0.6) is 0 Å². The van der Waals surface area contributed by atoms with Crippen molar-refractivity contribution in [3.63, 3.8) is 0 Å². The van der Waals surface area contributed by atoms with Gasteiger partial charge >= 0.3 is 0 Å². The molecule has 1 saturated heterocycles. The number of thioether (sulfide) groups is 1. The van der Waals surface area contributed by atoms with Crippen molar-refractivity contribution in [3.05, 3.63) is 18.0 Å². The Kier molecular flexibility index (Phi) is 2.67. The lowest BCUT2D eigenvalue weighted by Gasteiger charge is -2.25. The Hall–Kier alpha value is -1.10. The van der Waals surface area contributed by atoms with Crippen LogP contribution in [0.15, 0.2) is 12.3 Å². The average molecular weight is 211 g/mol. The van der Waals surface area contributed by atoms with Crippen molar-refractivity contribution >= 4 is 23.4 Å². The molecule has 0 saturated carbocycles. The second-order valence-electron chi connectivity index (χ2n) is 3.25. The number of H-pyrrole nitrogens is 1. The van der Waals surface area contributed by atoms with Crippen molar-refractivity contribution in [1.29, 1.82) is 0 Å². The number of rotatable bonds is 1. The first kappa shape index (κ1) is 9.45. The summed E-state index contributed by atoms with van der Waals surface area (Å²) >= 11 is 1.89. The van der Waals surface area contributed by atoms with Crippen LogP contribution in [0.4, 0.5) is 5.69 Å². The molecule has 2 rings (SSSR count). The van der Waals surface area contributed by atoms with Gasteiger partial charge in [0, 0.05) is 36.5 Å². The highest BCUT2D eigenvalue weighted by Gasteiger charge is 2.19. The van der Waals surface area contributed by atoms with Gasteiger partial charge in [0.05, 0.1) is 0 Å². The fraction of sp³-hybridized carbons (Fsp3) is 0.444. The summed E-state index contributed by atoms with van der Waals surface area (Å²) < 4.78 is 0. The number of hydrogen-bond donors (Lipinski definition) is 2. The van der Waals surface area contributed by atoms with Crippen molar-refractivity contribution < 1.29 is 4.79 Å². The van der Waals surface area contributed by atoms with Crippen LogP contribution in [0.25, 0.3) is 0 Å². The van der Waals surface area contributed by atoms with Crippen LogP contribution in [-0.2, 0) is 0 Å². The Morgan fingerprint density at radius 3 is 2.79 bits per heavy atom. The topological polar surface area (TPSA) is 62.1 Å². The van der Waals surface area contributed by atoms with Gasteiger partial charge in [0.2, 0.25) is 0 Å². The van der Waals surface area contributed by atoms with Gasteiger partial charge in [-0.1, -0.05) is 0 Å². The van der Waals surface area contributed by atoms with E-state index < -0.39 is 0 Å². The molecule has 1 aromatic heterocycles. The molecule has 1 fully saturated rings. The van der Waals surface area contributed by atoms with Crippen molar-refractivity contribution in [2.75, 3.05) is 30.3 Å². The van der Waals surface area contributed by atoms with Crippen LogP contribution in [0.1, 0.15) is 10.5 Å². The Labute approximate surface area is 86.8 Å². The second kappa shape index (κ2) is 3.96. The third-order valence-corrected chi connectivity index (χ3v) is 3.18. The van der Waals surface area contributed by atoms with E-state index in [9.17, 15) is 4.79 Å². The number of nitrogens with two attached hydrogens (primary N) is 1. The summed E-state index contributed by atoms with van der Waals surface area (Å²) in [6, 6.07) is 1.68. The third kappa shape index (κ3) is 1.87. The largest absolute Gasteiger partial charge is 0.397 e. The van der Waals surface area contributed by atoms with E-state index in [2.05, 4.69) is 4.98 Å². The van der Waals surface area contributed by atoms with Gasteiger partial charge in [-0.05, 0) is 6.07 Å². The number of aromatic nitrogens is 1. The highest BCUT2D eigenvalue weighted by atomic mass is 32.2.